The maximum Gasteiger partial charge on any atom is 0.175 e. The van der Waals surface area contributed by atoms with Gasteiger partial charge in [-0.1, -0.05) is 23.2 Å². The third-order valence-corrected chi connectivity index (χ3v) is 7.13. The number of hydrogen-bond donors (Lipinski definition) is 1. The van der Waals surface area contributed by atoms with Gasteiger partial charge in [-0.15, -0.1) is 0 Å². The van der Waals surface area contributed by atoms with E-state index < -0.39 is 9.84 Å². The Morgan fingerprint density at radius 2 is 1.89 bits per heavy atom. The minimum absolute atomic E-state index is 0.0256. The molecule has 0 amide bonds. The lowest BCUT2D eigenvalue weighted by Gasteiger charge is -2.30. The van der Waals surface area contributed by atoms with E-state index in [9.17, 15) is 13.5 Å². The highest BCUT2D eigenvalue weighted by Crippen LogP contribution is 2.43. The first-order chi connectivity index (χ1) is 13.2. The first kappa shape index (κ1) is 20.0. The molecule has 5 nitrogen and oxygen atoms in total. The number of likely N-dealkylation sites (tertiary alicyclic amines) is 1. The van der Waals surface area contributed by atoms with Gasteiger partial charge in [-0.3, -0.25) is 4.90 Å². The van der Waals surface area contributed by atoms with Gasteiger partial charge in [0.15, 0.2) is 9.84 Å². The van der Waals surface area contributed by atoms with Gasteiger partial charge in [-0.05, 0) is 54.8 Å². The second-order valence-electron chi connectivity index (χ2n) is 7.45. The Morgan fingerprint density at radius 1 is 1.18 bits per heavy atom. The van der Waals surface area contributed by atoms with E-state index in [1.165, 1.54) is 6.26 Å². The fourth-order valence-corrected chi connectivity index (χ4v) is 5.28. The Bertz CT molecular complexity index is 994. The van der Waals surface area contributed by atoms with Gasteiger partial charge in [0.25, 0.3) is 0 Å². The molecule has 0 unspecified atom stereocenters. The molecule has 28 heavy (non-hydrogen) atoms. The van der Waals surface area contributed by atoms with E-state index in [-0.39, 0.29) is 23.1 Å². The van der Waals surface area contributed by atoms with Gasteiger partial charge in [-0.25, -0.2) is 8.42 Å². The lowest BCUT2D eigenvalue weighted by Crippen LogP contribution is -2.39. The van der Waals surface area contributed by atoms with Gasteiger partial charge >= 0.3 is 0 Å². The summed E-state index contributed by atoms with van der Waals surface area (Å²) >= 11 is 12.7. The van der Waals surface area contributed by atoms with Crippen molar-refractivity contribution < 1.29 is 18.3 Å². The normalized spacial score (nSPS) is 25.1. The average Bonchev–Trinajstić information content (AvgIpc) is 3.19. The maximum atomic E-state index is 11.7. The molecule has 1 fully saturated rings. The van der Waals surface area contributed by atoms with Gasteiger partial charge in [0.1, 0.15) is 11.9 Å². The maximum absolute atomic E-state index is 11.7. The monoisotopic (exact) mass is 441 g/mol. The summed E-state index contributed by atoms with van der Waals surface area (Å²) in [7, 11) is -3.26. The van der Waals surface area contributed by atoms with Crippen LogP contribution in [0.15, 0.2) is 41.3 Å². The van der Waals surface area contributed by atoms with Crippen molar-refractivity contribution >= 4 is 33.0 Å². The fourth-order valence-electron chi connectivity index (χ4n) is 4.06. The van der Waals surface area contributed by atoms with Crippen molar-refractivity contribution in [2.75, 3.05) is 19.3 Å². The molecule has 3 atom stereocenters. The van der Waals surface area contributed by atoms with Crippen LogP contribution in [0.5, 0.6) is 5.75 Å². The summed E-state index contributed by atoms with van der Waals surface area (Å²) in [6.45, 7) is 1.38. The number of halogens is 2. The van der Waals surface area contributed by atoms with Gasteiger partial charge in [-0.2, -0.15) is 0 Å². The highest BCUT2D eigenvalue weighted by molar-refractivity contribution is 7.90. The molecule has 2 aliphatic rings. The smallest absolute Gasteiger partial charge is 0.175 e. The zero-order valence-electron chi connectivity index (χ0n) is 15.3. The predicted octanol–water partition coefficient (Wildman–Crippen LogP) is 3.51. The van der Waals surface area contributed by atoms with E-state index in [1.54, 1.807) is 30.3 Å². The lowest BCUT2D eigenvalue weighted by atomic mass is 10.1. The van der Waals surface area contributed by atoms with Crippen LogP contribution in [0.25, 0.3) is 0 Å². The molecule has 4 rings (SSSR count). The van der Waals surface area contributed by atoms with Crippen LogP contribution < -0.4 is 4.74 Å². The van der Waals surface area contributed by atoms with Crippen LogP contribution in [0.1, 0.15) is 23.7 Å². The molecule has 0 aromatic heterocycles. The quantitative estimate of drug-likeness (QED) is 0.785. The molecule has 2 aromatic rings. The summed E-state index contributed by atoms with van der Waals surface area (Å²) in [4.78, 5) is 2.47. The molecule has 0 radical (unpaired) electrons. The molecule has 150 valence electrons. The Balaban J connectivity index is 1.67. The number of benzene rings is 2. The van der Waals surface area contributed by atoms with Gasteiger partial charge < -0.3 is 9.84 Å². The van der Waals surface area contributed by atoms with Crippen molar-refractivity contribution in [1.29, 1.82) is 0 Å². The summed E-state index contributed by atoms with van der Waals surface area (Å²) in [5, 5.41) is 11.1. The molecule has 0 spiro atoms. The zero-order valence-corrected chi connectivity index (χ0v) is 17.6. The third-order valence-electron chi connectivity index (χ3n) is 5.44. The number of fused-ring (bicyclic) bond motifs is 1. The highest BCUT2D eigenvalue weighted by atomic mass is 35.5. The van der Waals surface area contributed by atoms with E-state index in [4.69, 9.17) is 27.9 Å². The first-order valence-electron chi connectivity index (χ1n) is 9.09. The predicted molar refractivity (Wildman–Crippen MR) is 109 cm³/mol. The molecule has 0 bridgehead atoms. The topological polar surface area (TPSA) is 66.8 Å². The van der Waals surface area contributed by atoms with Crippen molar-refractivity contribution in [1.82, 2.24) is 4.90 Å². The van der Waals surface area contributed by atoms with Crippen molar-refractivity contribution in [3.8, 4) is 5.75 Å². The van der Waals surface area contributed by atoms with Crippen LogP contribution in [0.2, 0.25) is 10.0 Å². The molecule has 8 heteroatoms. The fraction of sp³-hybridized carbons (Fsp3) is 0.400. The molecular weight excluding hydrogens is 421 g/mol. The minimum Gasteiger partial charge on any atom is -0.484 e. The molecule has 2 aromatic carbocycles. The van der Waals surface area contributed by atoms with E-state index in [0.717, 1.165) is 24.1 Å². The number of sulfone groups is 1. The van der Waals surface area contributed by atoms with E-state index in [0.29, 0.717) is 28.8 Å². The number of nitrogens with zero attached hydrogens (tertiary/aromatic N) is 1. The van der Waals surface area contributed by atoms with Crippen molar-refractivity contribution in [3.63, 3.8) is 0 Å². The van der Waals surface area contributed by atoms with Gasteiger partial charge in [0.2, 0.25) is 0 Å². The SMILES string of the molecule is CS(=O)(=O)c1ccc(O[C@@H]2c3cc(Cl)cc(Cl)c3C[C@@H]2N2CC[C@@H](O)C2)cc1. The molecule has 1 N–H and O–H groups in total. The Kier molecular flexibility index (Phi) is 5.35. The van der Waals surface area contributed by atoms with Crippen molar-refractivity contribution in [2.24, 2.45) is 0 Å². The van der Waals surface area contributed by atoms with Gasteiger partial charge in [0, 0.05) is 35.0 Å². The Hall–Kier alpha value is -1.31. The third kappa shape index (κ3) is 3.89. The summed E-state index contributed by atoms with van der Waals surface area (Å²) in [5.74, 6) is 0.575. The van der Waals surface area contributed by atoms with Crippen molar-refractivity contribution in [2.45, 2.75) is 36.0 Å². The van der Waals surface area contributed by atoms with Crippen LogP contribution >= 0.6 is 23.2 Å². The van der Waals surface area contributed by atoms with Crippen LogP contribution in [0.4, 0.5) is 0 Å². The van der Waals surface area contributed by atoms with Crippen LogP contribution in [0, 0.1) is 0 Å². The first-order valence-corrected chi connectivity index (χ1v) is 11.7. The van der Waals surface area contributed by atoms with E-state index in [1.807, 2.05) is 6.07 Å². The number of hydrogen-bond acceptors (Lipinski definition) is 5. The molecule has 0 saturated carbocycles. The van der Waals surface area contributed by atoms with Crippen LogP contribution in [-0.2, 0) is 16.3 Å². The van der Waals surface area contributed by atoms with Crippen LogP contribution in [0.3, 0.4) is 0 Å². The second kappa shape index (κ2) is 7.50. The summed E-state index contributed by atoms with van der Waals surface area (Å²) in [6, 6.07) is 10.1. The number of ether oxygens (including phenoxy) is 1. The standard InChI is InChI=1S/C20H21Cl2NO4S/c1-28(25,26)15-4-2-14(3-5-15)27-20-17-8-12(21)9-18(22)16(17)10-19(20)23-7-6-13(24)11-23/h2-5,8-9,13,19-20,24H,6-7,10-11H2,1H3/t13-,19+,20-/m1/s1. The molecule has 1 aliphatic carbocycles. The summed E-state index contributed by atoms with van der Waals surface area (Å²) in [5.41, 5.74) is 1.95. The number of β-amino-alcohol motifs (C(OH)–C–C–N with tert-alkyl or cyclic N) is 1. The van der Waals surface area contributed by atoms with Crippen molar-refractivity contribution in [3.05, 3.63) is 57.6 Å². The Labute approximate surface area is 174 Å². The molecule has 1 heterocycles. The number of aliphatic hydroxyl groups is 1. The minimum atomic E-state index is -3.26. The molecule has 1 saturated heterocycles. The number of rotatable bonds is 4. The molecular formula is C20H21Cl2NO4S. The largest absolute Gasteiger partial charge is 0.484 e. The summed E-state index contributed by atoms with van der Waals surface area (Å²) < 4.78 is 29.7. The van der Waals surface area contributed by atoms with E-state index >= 15 is 0 Å². The highest BCUT2D eigenvalue weighted by Gasteiger charge is 2.41. The Morgan fingerprint density at radius 3 is 2.50 bits per heavy atom. The van der Waals surface area contributed by atoms with Gasteiger partial charge in [0.05, 0.1) is 17.0 Å². The van der Waals surface area contributed by atoms with Crippen LogP contribution in [-0.4, -0.2) is 49.9 Å². The number of aliphatic hydroxyl groups excluding tert-OH is 1. The van der Waals surface area contributed by atoms with E-state index in [2.05, 4.69) is 4.90 Å². The summed E-state index contributed by atoms with van der Waals surface area (Å²) in [6.07, 6.45) is 1.98. The molecule has 1 aliphatic heterocycles. The zero-order chi connectivity index (χ0) is 20.1. The lowest BCUT2D eigenvalue weighted by molar-refractivity contribution is 0.0818. The average molecular weight is 442 g/mol. The second-order valence-corrected chi connectivity index (χ2v) is 10.3.